The van der Waals surface area contributed by atoms with Crippen molar-refractivity contribution in [3.05, 3.63) is 65.7 Å². The quantitative estimate of drug-likeness (QED) is 0.792. The van der Waals surface area contributed by atoms with E-state index >= 15 is 0 Å². The van der Waals surface area contributed by atoms with Crippen LogP contribution in [0, 0.1) is 11.6 Å². The molecule has 0 aliphatic carbocycles. The molecule has 1 amide bonds. The van der Waals surface area contributed by atoms with E-state index in [1.165, 1.54) is 11.6 Å². The molecular formula is C21H24F2N2O. The second-order valence-electron chi connectivity index (χ2n) is 6.71. The van der Waals surface area contributed by atoms with Crippen LogP contribution < -0.4 is 4.90 Å². The summed E-state index contributed by atoms with van der Waals surface area (Å²) in [6.07, 6.45) is 1.97. The molecule has 2 aromatic rings. The molecule has 5 heteroatoms. The number of likely N-dealkylation sites (tertiary alicyclic amines) is 1. The van der Waals surface area contributed by atoms with Crippen molar-refractivity contribution in [2.45, 2.75) is 38.8 Å². The van der Waals surface area contributed by atoms with Crippen LogP contribution >= 0.6 is 0 Å². The minimum atomic E-state index is -0.919. The van der Waals surface area contributed by atoms with Crippen LogP contribution in [0.5, 0.6) is 0 Å². The normalized spacial score (nSPS) is 15.8. The largest absolute Gasteiger partial charge is 0.309 e. The Bertz CT molecular complexity index is 743. The van der Waals surface area contributed by atoms with E-state index in [1.54, 1.807) is 11.8 Å². The summed E-state index contributed by atoms with van der Waals surface area (Å²) in [7, 11) is 0. The molecule has 1 aliphatic heterocycles. The first-order chi connectivity index (χ1) is 12.6. The van der Waals surface area contributed by atoms with Gasteiger partial charge in [0.25, 0.3) is 0 Å². The highest BCUT2D eigenvalue weighted by Gasteiger charge is 2.29. The Hall–Kier alpha value is -2.27. The van der Waals surface area contributed by atoms with Gasteiger partial charge in [-0.15, -0.1) is 0 Å². The van der Waals surface area contributed by atoms with Crippen molar-refractivity contribution in [1.82, 2.24) is 4.90 Å². The molecule has 0 bridgehead atoms. The number of carbonyl (C=O) groups is 1. The van der Waals surface area contributed by atoms with Crippen molar-refractivity contribution < 1.29 is 13.6 Å². The molecular weight excluding hydrogens is 334 g/mol. The Kier molecular flexibility index (Phi) is 5.99. The SMILES string of the molecule is CCC(=O)N(c1ccc(F)c(F)c1)C1CCN(Cc2ccccc2)CC1. The van der Waals surface area contributed by atoms with E-state index in [9.17, 15) is 13.6 Å². The fourth-order valence-electron chi connectivity index (χ4n) is 3.54. The number of amides is 1. The molecule has 1 fully saturated rings. The number of hydrogen-bond donors (Lipinski definition) is 0. The number of piperidine rings is 1. The van der Waals surface area contributed by atoms with Gasteiger partial charge < -0.3 is 4.90 Å². The zero-order valence-corrected chi connectivity index (χ0v) is 15.0. The molecule has 1 saturated heterocycles. The average Bonchev–Trinajstić information content (AvgIpc) is 2.67. The van der Waals surface area contributed by atoms with Crippen molar-refractivity contribution in [2.75, 3.05) is 18.0 Å². The summed E-state index contributed by atoms with van der Waals surface area (Å²) in [4.78, 5) is 16.5. The third-order valence-corrected chi connectivity index (χ3v) is 4.92. The molecule has 0 N–H and O–H groups in total. The van der Waals surface area contributed by atoms with Crippen molar-refractivity contribution in [3.8, 4) is 0 Å². The van der Waals surface area contributed by atoms with Crippen LogP contribution in [0.15, 0.2) is 48.5 Å². The first-order valence-corrected chi connectivity index (χ1v) is 9.12. The number of hydrogen-bond acceptors (Lipinski definition) is 2. The smallest absolute Gasteiger partial charge is 0.226 e. The molecule has 0 atom stereocenters. The average molecular weight is 358 g/mol. The monoisotopic (exact) mass is 358 g/mol. The summed E-state index contributed by atoms with van der Waals surface area (Å²) in [5, 5.41) is 0. The van der Waals surface area contributed by atoms with Gasteiger partial charge in [0.2, 0.25) is 5.91 Å². The minimum Gasteiger partial charge on any atom is -0.309 e. The van der Waals surface area contributed by atoms with E-state index in [0.717, 1.165) is 44.6 Å². The third-order valence-electron chi connectivity index (χ3n) is 4.92. The van der Waals surface area contributed by atoms with Gasteiger partial charge in [0, 0.05) is 43.9 Å². The van der Waals surface area contributed by atoms with Crippen molar-refractivity contribution in [3.63, 3.8) is 0 Å². The van der Waals surface area contributed by atoms with Gasteiger partial charge in [-0.25, -0.2) is 8.78 Å². The summed E-state index contributed by atoms with van der Waals surface area (Å²) in [5.41, 5.74) is 1.71. The van der Waals surface area contributed by atoms with Gasteiger partial charge in [-0.3, -0.25) is 9.69 Å². The highest BCUT2D eigenvalue weighted by molar-refractivity contribution is 5.93. The van der Waals surface area contributed by atoms with Crippen LogP contribution in [0.2, 0.25) is 0 Å². The van der Waals surface area contributed by atoms with Gasteiger partial charge in [0.15, 0.2) is 11.6 Å². The fourth-order valence-corrected chi connectivity index (χ4v) is 3.54. The molecule has 26 heavy (non-hydrogen) atoms. The topological polar surface area (TPSA) is 23.6 Å². The Morgan fingerprint density at radius 3 is 2.38 bits per heavy atom. The van der Waals surface area contributed by atoms with Gasteiger partial charge in [-0.05, 0) is 30.5 Å². The minimum absolute atomic E-state index is 0.0133. The van der Waals surface area contributed by atoms with E-state index in [2.05, 4.69) is 17.0 Å². The van der Waals surface area contributed by atoms with E-state index in [1.807, 2.05) is 18.2 Å². The Labute approximate surface area is 153 Å². The third kappa shape index (κ3) is 4.28. The molecule has 1 heterocycles. The van der Waals surface area contributed by atoms with Crippen LogP contribution in [0.1, 0.15) is 31.7 Å². The zero-order chi connectivity index (χ0) is 18.5. The molecule has 0 saturated carbocycles. The standard InChI is InChI=1S/C21H24F2N2O/c1-2-21(26)25(18-8-9-19(22)20(23)14-18)17-10-12-24(13-11-17)15-16-6-4-3-5-7-16/h3-9,14,17H,2,10-13,15H2,1H3. The lowest BCUT2D eigenvalue weighted by Gasteiger charge is -2.38. The van der Waals surface area contributed by atoms with Crippen molar-refractivity contribution in [1.29, 1.82) is 0 Å². The molecule has 138 valence electrons. The number of benzene rings is 2. The molecule has 0 unspecified atom stereocenters. The maximum Gasteiger partial charge on any atom is 0.226 e. The van der Waals surface area contributed by atoms with Crippen molar-refractivity contribution in [2.24, 2.45) is 0 Å². The fraction of sp³-hybridized carbons (Fsp3) is 0.381. The molecule has 1 aliphatic rings. The summed E-state index contributed by atoms with van der Waals surface area (Å²) < 4.78 is 26.9. The van der Waals surface area contributed by atoms with Gasteiger partial charge in [0.1, 0.15) is 0 Å². The summed E-state index contributed by atoms with van der Waals surface area (Å²) in [6.45, 7) is 4.42. The second-order valence-corrected chi connectivity index (χ2v) is 6.71. The predicted molar refractivity (Wildman–Crippen MR) is 98.9 cm³/mol. The Morgan fingerprint density at radius 1 is 1.08 bits per heavy atom. The highest BCUT2D eigenvalue weighted by Crippen LogP contribution is 2.26. The first-order valence-electron chi connectivity index (χ1n) is 9.12. The van der Waals surface area contributed by atoms with Crippen LogP contribution in [0.4, 0.5) is 14.5 Å². The van der Waals surface area contributed by atoms with Gasteiger partial charge >= 0.3 is 0 Å². The zero-order valence-electron chi connectivity index (χ0n) is 15.0. The highest BCUT2D eigenvalue weighted by atomic mass is 19.2. The van der Waals surface area contributed by atoms with Crippen LogP contribution in [-0.2, 0) is 11.3 Å². The van der Waals surface area contributed by atoms with Crippen molar-refractivity contribution >= 4 is 11.6 Å². The van der Waals surface area contributed by atoms with E-state index < -0.39 is 11.6 Å². The number of rotatable bonds is 5. The van der Waals surface area contributed by atoms with Gasteiger partial charge in [0.05, 0.1) is 0 Å². The first kappa shape index (κ1) is 18.5. The molecule has 0 spiro atoms. The number of nitrogens with zero attached hydrogens (tertiary/aromatic N) is 2. The molecule has 0 radical (unpaired) electrons. The summed E-state index contributed by atoms with van der Waals surface area (Å²) in [6, 6.07) is 14.0. The molecule has 3 rings (SSSR count). The van der Waals surface area contributed by atoms with Crippen LogP contribution in [0.25, 0.3) is 0 Å². The lowest BCUT2D eigenvalue weighted by molar-refractivity contribution is -0.119. The summed E-state index contributed by atoms with van der Waals surface area (Å²) >= 11 is 0. The van der Waals surface area contributed by atoms with Crippen LogP contribution in [-0.4, -0.2) is 29.9 Å². The predicted octanol–water partition coefficient (Wildman–Crippen LogP) is 4.37. The van der Waals surface area contributed by atoms with Gasteiger partial charge in [-0.2, -0.15) is 0 Å². The number of carbonyl (C=O) groups excluding carboxylic acids is 1. The molecule has 0 aromatic heterocycles. The maximum absolute atomic E-state index is 13.7. The van der Waals surface area contributed by atoms with E-state index in [0.29, 0.717) is 12.1 Å². The molecule has 2 aromatic carbocycles. The second kappa shape index (κ2) is 8.41. The Morgan fingerprint density at radius 2 is 1.77 bits per heavy atom. The molecule has 3 nitrogen and oxygen atoms in total. The number of anilines is 1. The van der Waals surface area contributed by atoms with E-state index in [-0.39, 0.29) is 11.9 Å². The van der Waals surface area contributed by atoms with Gasteiger partial charge in [-0.1, -0.05) is 37.3 Å². The lowest BCUT2D eigenvalue weighted by atomic mass is 10.0. The van der Waals surface area contributed by atoms with E-state index in [4.69, 9.17) is 0 Å². The maximum atomic E-state index is 13.7. The number of halogens is 2. The van der Waals surface area contributed by atoms with Crippen LogP contribution in [0.3, 0.4) is 0 Å². The summed E-state index contributed by atoms with van der Waals surface area (Å²) in [5.74, 6) is -1.87. The lowest BCUT2D eigenvalue weighted by Crippen LogP contribution is -2.47. The Balaban J connectivity index is 1.69.